The van der Waals surface area contributed by atoms with Crippen molar-refractivity contribution >= 4 is 23.5 Å². The predicted octanol–water partition coefficient (Wildman–Crippen LogP) is 6.02. The van der Waals surface area contributed by atoms with E-state index in [9.17, 15) is 34.1 Å². The van der Waals surface area contributed by atoms with Crippen LogP contribution in [0.3, 0.4) is 0 Å². The summed E-state index contributed by atoms with van der Waals surface area (Å²) < 4.78 is 86.0. The second-order valence-electron chi connectivity index (χ2n) is 4.62. The Balaban J connectivity index is 3.42. The maximum absolute atomic E-state index is 12.8. The molecule has 0 saturated carbocycles. The van der Waals surface area contributed by atoms with E-state index < -0.39 is 45.1 Å². The molecule has 0 amide bonds. The summed E-state index contributed by atoms with van der Waals surface area (Å²) in [6.45, 7) is 2.79. The molecule has 0 bridgehead atoms. The average molecular weight is 399 g/mol. The topological polar surface area (TPSA) is 78.7 Å². The quantitative estimate of drug-likeness (QED) is 0.231. The maximum atomic E-state index is 12.8. The van der Waals surface area contributed by atoms with Crippen LogP contribution in [-0.4, -0.2) is 18.1 Å². The summed E-state index contributed by atoms with van der Waals surface area (Å²) in [6, 6.07) is 0.237. The van der Waals surface area contributed by atoms with Gasteiger partial charge in [-0.05, 0) is 19.9 Å². The lowest BCUT2D eigenvalue weighted by molar-refractivity contribution is -0.385. The Morgan fingerprint density at radius 3 is 2.00 bits per heavy atom. The molecule has 0 fully saturated rings. The van der Waals surface area contributed by atoms with Gasteiger partial charge in [-0.1, -0.05) is 25.5 Å². The third kappa shape index (κ3) is 5.40. The number of nitrogens with zero attached hydrogens (tertiary/aromatic N) is 1. The molecule has 0 saturated heterocycles. The van der Waals surface area contributed by atoms with E-state index in [2.05, 4.69) is 0 Å². The van der Waals surface area contributed by atoms with Crippen LogP contribution in [0.5, 0.6) is 0 Å². The van der Waals surface area contributed by atoms with E-state index in [0.29, 0.717) is 6.07 Å². The number of hydrogen-bond acceptors (Lipinski definition) is 5. The van der Waals surface area contributed by atoms with E-state index in [0.717, 1.165) is 0 Å². The van der Waals surface area contributed by atoms with E-state index in [-0.39, 0.29) is 25.3 Å². The van der Waals surface area contributed by atoms with Crippen molar-refractivity contribution in [2.75, 3.05) is 13.2 Å². The minimum absolute atomic E-state index is 0.0200. The van der Waals surface area contributed by atoms with Crippen molar-refractivity contribution in [3.63, 3.8) is 0 Å². The van der Waals surface area contributed by atoms with Gasteiger partial charge in [0.15, 0.2) is 0 Å². The zero-order valence-corrected chi connectivity index (χ0v) is 14.3. The average Bonchev–Trinajstić information content (AvgIpc) is 2.36. The van der Waals surface area contributed by atoms with Gasteiger partial charge in [-0.15, -0.1) is 0 Å². The Hall–Kier alpha value is -1.23. The molecule has 0 heterocycles. The fourth-order valence-electron chi connectivity index (χ4n) is 1.82. The Kier molecular flexibility index (Phi) is 5.15. The monoisotopic (exact) mass is 399 g/mol. The summed E-state index contributed by atoms with van der Waals surface area (Å²) >= 11 is 0. The van der Waals surface area contributed by atoms with Gasteiger partial charge < -0.3 is 9.05 Å². The molecule has 0 radical (unpaired) electrons. The summed E-state index contributed by atoms with van der Waals surface area (Å²) in [5.74, 6) is 0. The van der Waals surface area contributed by atoms with Gasteiger partial charge in [-0.3, -0.25) is 14.7 Å². The third-order valence-electron chi connectivity index (χ3n) is 2.71. The highest BCUT2D eigenvalue weighted by Crippen LogP contribution is 3.02. The van der Waals surface area contributed by atoms with Gasteiger partial charge in [0.05, 0.1) is 24.3 Å². The molecule has 1 aromatic rings. The lowest BCUT2D eigenvalue weighted by Crippen LogP contribution is -2.08. The molecule has 1 aromatic carbocycles. The normalized spacial score (nSPS) is 15.6. The van der Waals surface area contributed by atoms with E-state index in [1.165, 1.54) is 13.8 Å². The molecule has 0 N–H and O–H groups in total. The van der Waals surface area contributed by atoms with Crippen LogP contribution in [-0.2, 0) is 19.8 Å². The van der Waals surface area contributed by atoms with Crippen LogP contribution in [0.1, 0.15) is 19.4 Å². The van der Waals surface area contributed by atoms with E-state index >= 15 is 0 Å². The van der Waals surface area contributed by atoms with Crippen LogP contribution in [0.2, 0.25) is 0 Å². The number of hydrogen-bond donors (Lipinski definition) is 0. The molecule has 0 spiro atoms. The van der Waals surface area contributed by atoms with Gasteiger partial charge in [-0.25, -0.2) is 0 Å². The van der Waals surface area contributed by atoms with Crippen molar-refractivity contribution < 1.29 is 38.0 Å². The molecule has 0 aliphatic carbocycles. The van der Waals surface area contributed by atoms with Gasteiger partial charge in [0, 0.05) is 11.6 Å². The summed E-state index contributed by atoms with van der Waals surface area (Å²) in [5.41, 5.74) is -1.70. The number of benzene rings is 1. The highest BCUT2D eigenvalue weighted by molar-refractivity contribution is 8.45. The first-order chi connectivity index (χ1) is 10.6. The number of rotatable bonds is 8. The maximum Gasteiger partial charge on any atom is 0.335 e. The molecule has 0 unspecified atom stereocenters. The molecule has 0 aliphatic rings. The first-order valence-corrected chi connectivity index (χ1v) is 10.2. The Bertz CT molecular complexity index is 686. The van der Waals surface area contributed by atoms with Crippen molar-refractivity contribution in [2.24, 2.45) is 0 Å². The predicted molar refractivity (Wildman–Crippen MR) is 79.1 cm³/mol. The first-order valence-electron chi connectivity index (χ1n) is 6.51. The summed E-state index contributed by atoms with van der Waals surface area (Å²) in [7, 11) is -13.9. The van der Waals surface area contributed by atoms with Gasteiger partial charge in [0.2, 0.25) is 0 Å². The van der Waals surface area contributed by atoms with Crippen molar-refractivity contribution in [1.29, 1.82) is 0 Å². The molecule has 24 heavy (non-hydrogen) atoms. The van der Waals surface area contributed by atoms with E-state index in [1.54, 1.807) is 0 Å². The summed E-state index contributed by atoms with van der Waals surface area (Å²) in [5, 5.41) is 10.9. The lowest BCUT2D eigenvalue weighted by Gasteiger charge is -2.40. The molecule has 0 aromatic heterocycles. The second-order valence-corrected chi connectivity index (χ2v) is 9.08. The Labute approximate surface area is 134 Å². The van der Waals surface area contributed by atoms with Gasteiger partial charge in [0.1, 0.15) is 4.90 Å². The van der Waals surface area contributed by atoms with Crippen LogP contribution in [0.15, 0.2) is 23.1 Å². The van der Waals surface area contributed by atoms with Crippen molar-refractivity contribution in [1.82, 2.24) is 0 Å². The zero-order valence-electron chi connectivity index (χ0n) is 12.6. The second kappa shape index (κ2) is 5.94. The summed E-state index contributed by atoms with van der Waals surface area (Å²) in [6.07, 6.45) is -0.717. The van der Waals surface area contributed by atoms with Crippen LogP contribution in [0.4, 0.5) is 25.1 Å². The molecule has 0 atom stereocenters. The minimum atomic E-state index is -10.1. The molecule has 13 heteroatoms. The van der Waals surface area contributed by atoms with Crippen molar-refractivity contribution in [2.45, 2.75) is 24.9 Å². The van der Waals surface area contributed by atoms with Crippen LogP contribution >= 0.6 is 17.8 Å². The van der Waals surface area contributed by atoms with Gasteiger partial charge in [-0.2, -0.15) is 0 Å². The SMILES string of the molecule is CCOP(=O)(Cc1ccc(S(F)(F)(F)(F)F)cc1[N+](=O)[O-])OCC. The standard InChI is InChI=1S/C11H15F5NO5PS/c1-3-21-23(20,22-4-2)8-9-5-6-10(7-11(9)17(18)19)24(12,13,14,15)16/h5-7H,3-4,8H2,1-2H3. The molecule has 140 valence electrons. The number of nitro groups is 1. The Morgan fingerprint density at radius 1 is 1.12 bits per heavy atom. The molecular formula is C11H15F5NO5PS. The molecule has 6 nitrogen and oxygen atoms in total. The minimum Gasteiger partial charge on any atom is -0.309 e. The lowest BCUT2D eigenvalue weighted by atomic mass is 10.2. The number of nitro benzene ring substituents is 1. The Morgan fingerprint density at radius 2 is 1.62 bits per heavy atom. The van der Waals surface area contributed by atoms with E-state index in [1.807, 2.05) is 0 Å². The van der Waals surface area contributed by atoms with Crippen LogP contribution in [0.25, 0.3) is 0 Å². The van der Waals surface area contributed by atoms with Crippen LogP contribution < -0.4 is 0 Å². The van der Waals surface area contributed by atoms with Crippen LogP contribution in [0, 0.1) is 10.1 Å². The van der Waals surface area contributed by atoms with E-state index in [4.69, 9.17) is 9.05 Å². The molecule has 1 rings (SSSR count). The highest BCUT2D eigenvalue weighted by Gasteiger charge is 2.65. The smallest absolute Gasteiger partial charge is 0.309 e. The van der Waals surface area contributed by atoms with Gasteiger partial charge >= 0.3 is 17.8 Å². The highest BCUT2D eigenvalue weighted by atomic mass is 32.5. The third-order valence-corrected chi connectivity index (χ3v) is 5.89. The van der Waals surface area contributed by atoms with Crippen molar-refractivity contribution in [3.05, 3.63) is 33.9 Å². The van der Waals surface area contributed by atoms with Crippen molar-refractivity contribution in [3.8, 4) is 0 Å². The molecule has 0 aliphatic heterocycles. The molecular weight excluding hydrogens is 384 g/mol. The fraction of sp³-hybridized carbons (Fsp3) is 0.455. The number of halogens is 5. The zero-order chi connectivity index (χ0) is 18.9. The van der Waals surface area contributed by atoms with Gasteiger partial charge in [0.25, 0.3) is 5.69 Å². The largest absolute Gasteiger partial charge is 0.335 e. The summed E-state index contributed by atoms with van der Waals surface area (Å²) in [4.78, 5) is 7.29. The fourth-order valence-corrected chi connectivity index (χ4v) is 4.21. The first kappa shape index (κ1) is 20.8.